The van der Waals surface area contributed by atoms with Gasteiger partial charge in [-0.25, -0.2) is 4.79 Å². The molecule has 0 bridgehead atoms. The van der Waals surface area contributed by atoms with E-state index in [1.807, 2.05) is 39.8 Å². The molecule has 2 N–H and O–H groups in total. The lowest BCUT2D eigenvalue weighted by Crippen LogP contribution is -2.66. The van der Waals surface area contributed by atoms with E-state index >= 15 is 0 Å². The Morgan fingerprint density at radius 1 is 1.45 bits per heavy atom. The van der Waals surface area contributed by atoms with Crippen LogP contribution in [-0.4, -0.2) is 36.5 Å². The number of carbonyl (C=O) groups excluding carboxylic acids is 1. The summed E-state index contributed by atoms with van der Waals surface area (Å²) in [6.45, 7) is 8.78. The van der Waals surface area contributed by atoms with Crippen LogP contribution in [0.15, 0.2) is 22.8 Å². The average molecular weight is 310 g/mol. The maximum absolute atomic E-state index is 11.9. The molecule has 1 fully saturated rings. The highest BCUT2D eigenvalue weighted by molar-refractivity contribution is 5.68. The van der Waals surface area contributed by atoms with Crippen molar-refractivity contribution in [1.29, 1.82) is 0 Å². The summed E-state index contributed by atoms with van der Waals surface area (Å²) < 4.78 is 16.3. The Hall–Kier alpha value is -1.53. The van der Waals surface area contributed by atoms with Crippen LogP contribution in [0.5, 0.6) is 0 Å². The van der Waals surface area contributed by atoms with Gasteiger partial charge in [-0.3, -0.25) is 0 Å². The maximum Gasteiger partial charge on any atom is 0.407 e. The normalized spacial score (nSPS) is 24.6. The quantitative estimate of drug-likeness (QED) is 0.844. The Morgan fingerprint density at radius 2 is 2.23 bits per heavy atom. The van der Waals surface area contributed by atoms with Crippen molar-refractivity contribution >= 4 is 6.09 Å². The summed E-state index contributed by atoms with van der Waals surface area (Å²) in [6, 6.07) is 3.82. The molecule has 0 saturated heterocycles. The molecule has 3 unspecified atom stereocenters. The standard InChI is InChI=1S/C16H26N2O4/c1-5-20-13-9-12(18-15(19)22-16(2,3)4)14(13)17-10-11-7-6-8-21-11/h6-8,12-14,17H,5,9-10H2,1-4H3,(H,18,19). The molecule has 1 aliphatic rings. The third-order valence-electron chi connectivity index (χ3n) is 3.50. The van der Waals surface area contributed by atoms with Crippen molar-refractivity contribution < 1.29 is 18.7 Å². The summed E-state index contributed by atoms with van der Waals surface area (Å²) in [7, 11) is 0. The zero-order valence-corrected chi connectivity index (χ0v) is 13.7. The molecule has 2 rings (SSSR count). The van der Waals surface area contributed by atoms with Crippen LogP contribution in [0.1, 0.15) is 39.9 Å². The fraction of sp³-hybridized carbons (Fsp3) is 0.688. The van der Waals surface area contributed by atoms with E-state index in [1.54, 1.807) is 6.26 Å². The van der Waals surface area contributed by atoms with Crippen molar-refractivity contribution in [2.45, 2.75) is 64.4 Å². The fourth-order valence-corrected chi connectivity index (χ4v) is 2.51. The third-order valence-corrected chi connectivity index (χ3v) is 3.50. The van der Waals surface area contributed by atoms with Crippen molar-refractivity contribution in [2.75, 3.05) is 6.61 Å². The minimum Gasteiger partial charge on any atom is -0.468 e. The van der Waals surface area contributed by atoms with Gasteiger partial charge in [0.2, 0.25) is 0 Å². The highest BCUT2D eigenvalue weighted by Gasteiger charge is 2.43. The Labute approximate surface area is 131 Å². The van der Waals surface area contributed by atoms with Gasteiger partial charge in [-0.15, -0.1) is 0 Å². The minimum absolute atomic E-state index is 0.00126. The second-order valence-electron chi connectivity index (χ2n) is 6.47. The highest BCUT2D eigenvalue weighted by Crippen LogP contribution is 2.25. The second kappa shape index (κ2) is 7.15. The molecule has 1 saturated carbocycles. The van der Waals surface area contributed by atoms with E-state index in [4.69, 9.17) is 13.9 Å². The van der Waals surface area contributed by atoms with Crippen LogP contribution in [0.3, 0.4) is 0 Å². The molecule has 1 heterocycles. The Kier molecular flexibility index (Phi) is 5.47. The first kappa shape index (κ1) is 16.8. The molecule has 6 heteroatoms. The van der Waals surface area contributed by atoms with Crippen molar-refractivity contribution in [2.24, 2.45) is 0 Å². The molecule has 124 valence electrons. The maximum atomic E-state index is 11.9. The van der Waals surface area contributed by atoms with Crippen LogP contribution in [0.25, 0.3) is 0 Å². The molecule has 6 nitrogen and oxygen atoms in total. The Bertz CT molecular complexity index is 467. The molecule has 1 aliphatic carbocycles. The zero-order chi connectivity index (χ0) is 16.2. The summed E-state index contributed by atoms with van der Waals surface area (Å²) in [6.07, 6.45) is 2.13. The predicted molar refractivity (Wildman–Crippen MR) is 82.5 cm³/mol. The number of rotatable bonds is 6. The van der Waals surface area contributed by atoms with Crippen LogP contribution >= 0.6 is 0 Å². The number of hydrogen-bond acceptors (Lipinski definition) is 5. The summed E-state index contributed by atoms with van der Waals surface area (Å²) in [5, 5.41) is 6.29. The molecule has 3 atom stereocenters. The van der Waals surface area contributed by atoms with Gasteiger partial charge < -0.3 is 24.5 Å². The lowest BCUT2D eigenvalue weighted by atomic mass is 9.82. The van der Waals surface area contributed by atoms with Gasteiger partial charge >= 0.3 is 6.09 Å². The summed E-state index contributed by atoms with van der Waals surface area (Å²) >= 11 is 0. The summed E-state index contributed by atoms with van der Waals surface area (Å²) in [5.74, 6) is 0.859. The van der Waals surface area contributed by atoms with Gasteiger partial charge in [-0.1, -0.05) is 0 Å². The second-order valence-corrected chi connectivity index (χ2v) is 6.47. The summed E-state index contributed by atoms with van der Waals surface area (Å²) in [5.41, 5.74) is -0.496. The molecule has 22 heavy (non-hydrogen) atoms. The van der Waals surface area contributed by atoms with E-state index < -0.39 is 11.7 Å². The van der Waals surface area contributed by atoms with Crippen LogP contribution in [-0.2, 0) is 16.0 Å². The highest BCUT2D eigenvalue weighted by atomic mass is 16.6. The van der Waals surface area contributed by atoms with Crippen LogP contribution in [0, 0.1) is 0 Å². The first-order valence-corrected chi connectivity index (χ1v) is 7.76. The SMILES string of the molecule is CCOC1CC(NC(=O)OC(C)(C)C)C1NCc1ccco1. The van der Waals surface area contributed by atoms with Crippen LogP contribution < -0.4 is 10.6 Å². The number of nitrogens with one attached hydrogen (secondary N) is 2. The van der Waals surface area contributed by atoms with E-state index in [9.17, 15) is 4.79 Å². The van der Waals surface area contributed by atoms with Gasteiger partial charge in [0, 0.05) is 6.61 Å². The number of carbonyl (C=O) groups is 1. The van der Waals surface area contributed by atoms with E-state index in [-0.39, 0.29) is 18.2 Å². The van der Waals surface area contributed by atoms with Gasteiger partial charge in [0.05, 0.1) is 31.0 Å². The molecule has 0 radical (unpaired) electrons. The van der Waals surface area contributed by atoms with E-state index in [0.29, 0.717) is 13.2 Å². The van der Waals surface area contributed by atoms with Gasteiger partial charge in [-0.05, 0) is 46.2 Å². The Balaban J connectivity index is 1.85. The minimum atomic E-state index is -0.496. The lowest BCUT2D eigenvalue weighted by Gasteiger charge is -2.44. The molecule has 0 aromatic carbocycles. The number of amides is 1. The first-order valence-electron chi connectivity index (χ1n) is 7.76. The molecule has 1 aromatic heterocycles. The van der Waals surface area contributed by atoms with Gasteiger partial charge in [0.15, 0.2) is 0 Å². The zero-order valence-electron chi connectivity index (χ0n) is 13.7. The molecule has 0 spiro atoms. The van der Waals surface area contributed by atoms with E-state index in [1.165, 1.54) is 0 Å². The van der Waals surface area contributed by atoms with Crippen molar-refractivity contribution in [1.82, 2.24) is 10.6 Å². The number of alkyl carbamates (subject to hydrolysis) is 1. The Morgan fingerprint density at radius 3 is 2.82 bits per heavy atom. The lowest BCUT2D eigenvalue weighted by molar-refractivity contribution is -0.0442. The van der Waals surface area contributed by atoms with Crippen molar-refractivity contribution in [3.63, 3.8) is 0 Å². The number of furan rings is 1. The van der Waals surface area contributed by atoms with E-state index in [2.05, 4.69) is 10.6 Å². The molecule has 1 aromatic rings. The van der Waals surface area contributed by atoms with Crippen molar-refractivity contribution in [3.8, 4) is 0 Å². The van der Waals surface area contributed by atoms with Gasteiger partial charge in [0.25, 0.3) is 0 Å². The molecule has 1 amide bonds. The monoisotopic (exact) mass is 310 g/mol. The largest absolute Gasteiger partial charge is 0.468 e. The number of hydrogen-bond donors (Lipinski definition) is 2. The first-order chi connectivity index (χ1) is 10.4. The third kappa shape index (κ3) is 4.74. The van der Waals surface area contributed by atoms with Crippen LogP contribution in [0.4, 0.5) is 4.79 Å². The topological polar surface area (TPSA) is 72.7 Å². The van der Waals surface area contributed by atoms with Gasteiger partial charge in [-0.2, -0.15) is 0 Å². The molecular weight excluding hydrogens is 284 g/mol. The number of ether oxygens (including phenoxy) is 2. The fourth-order valence-electron chi connectivity index (χ4n) is 2.51. The van der Waals surface area contributed by atoms with Crippen molar-refractivity contribution in [3.05, 3.63) is 24.2 Å². The molecule has 0 aliphatic heterocycles. The van der Waals surface area contributed by atoms with Gasteiger partial charge in [0.1, 0.15) is 11.4 Å². The average Bonchev–Trinajstić information content (AvgIpc) is 2.88. The van der Waals surface area contributed by atoms with Crippen LogP contribution in [0.2, 0.25) is 0 Å². The predicted octanol–water partition coefficient (Wildman–Crippen LogP) is 2.44. The molecular formula is C16H26N2O4. The van der Waals surface area contributed by atoms with E-state index in [0.717, 1.165) is 12.2 Å². The smallest absolute Gasteiger partial charge is 0.407 e. The summed E-state index contributed by atoms with van der Waals surface area (Å²) in [4.78, 5) is 11.9.